The average Bonchev–Trinajstić information content (AvgIpc) is 3.16. The van der Waals surface area contributed by atoms with Gasteiger partial charge in [0.25, 0.3) is 0 Å². The van der Waals surface area contributed by atoms with Crippen molar-refractivity contribution in [3.63, 3.8) is 0 Å². The van der Waals surface area contributed by atoms with Crippen molar-refractivity contribution in [2.75, 3.05) is 26.2 Å². The Balaban J connectivity index is 1.35. The number of hydrogen-bond donors (Lipinski definition) is 1. The lowest BCUT2D eigenvalue weighted by Gasteiger charge is -2.32. The van der Waals surface area contributed by atoms with Gasteiger partial charge in [-0.25, -0.2) is 13.1 Å². The second-order valence-corrected chi connectivity index (χ2v) is 9.07. The topological polar surface area (TPSA) is 58.6 Å². The Hall–Kier alpha value is -1.41. The summed E-state index contributed by atoms with van der Waals surface area (Å²) in [4.78, 5) is 2.38. The summed E-state index contributed by atoms with van der Waals surface area (Å²) in [6.07, 6.45) is 2.68. The molecule has 0 unspecified atom stereocenters. The molecular weight excluding hydrogens is 356 g/mol. The smallest absolute Gasteiger partial charge is 0.250 e. The minimum Gasteiger partial charge on any atom is -0.494 e. The number of nitrogens with one attached hydrogen (secondary N) is 1. The third kappa shape index (κ3) is 5.54. The zero-order valence-electron chi connectivity index (χ0n) is 14.1. The molecule has 0 aliphatic carbocycles. The van der Waals surface area contributed by atoms with Gasteiger partial charge < -0.3 is 9.64 Å². The molecule has 0 bridgehead atoms. The fraction of sp³-hybridized carbons (Fsp3) is 0.444. The van der Waals surface area contributed by atoms with Gasteiger partial charge in [0.2, 0.25) is 10.0 Å². The largest absolute Gasteiger partial charge is 0.494 e. The number of likely N-dealkylation sites (tertiary alicyclic amines) is 1. The quantitative estimate of drug-likeness (QED) is 0.716. The number of benzene rings is 1. The molecular formula is C18H24N2O3S2. The molecule has 25 heavy (non-hydrogen) atoms. The van der Waals surface area contributed by atoms with E-state index in [-0.39, 0.29) is 6.04 Å². The Kier molecular flexibility index (Phi) is 6.47. The molecule has 1 N–H and O–H groups in total. The van der Waals surface area contributed by atoms with Crippen LogP contribution in [0.15, 0.2) is 52.1 Å². The van der Waals surface area contributed by atoms with E-state index >= 15 is 0 Å². The number of hydrogen-bond acceptors (Lipinski definition) is 5. The highest BCUT2D eigenvalue weighted by Crippen LogP contribution is 2.19. The zero-order valence-corrected chi connectivity index (χ0v) is 15.8. The van der Waals surface area contributed by atoms with E-state index in [0.717, 1.165) is 44.6 Å². The number of thiophene rings is 1. The standard InChI is InChI=1S/C18H24N2O3S2/c21-25(22,18-8-4-15-24-18)19-16-9-12-20(13-10-16)11-5-14-23-17-6-2-1-3-7-17/h1-4,6-8,15-16,19H,5,9-14H2. The number of piperidine rings is 1. The van der Waals surface area contributed by atoms with Crippen molar-refractivity contribution < 1.29 is 13.2 Å². The monoisotopic (exact) mass is 380 g/mol. The molecule has 1 aliphatic rings. The van der Waals surface area contributed by atoms with Crippen molar-refractivity contribution >= 4 is 21.4 Å². The van der Waals surface area contributed by atoms with Gasteiger partial charge in [-0.05, 0) is 55.9 Å². The summed E-state index contributed by atoms with van der Waals surface area (Å²) < 4.78 is 33.5. The van der Waals surface area contributed by atoms with Crippen molar-refractivity contribution in [3.8, 4) is 5.75 Å². The predicted molar refractivity (Wildman–Crippen MR) is 101 cm³/mol. The molecule has 0 atom stereocenters. The molecule has 0 radical (unpaired) electrons. The minimum absolute atomic E-state index is 0.0314. The van der Waals surface area contributed by atoms with E-state index in [0.29, 0.717) is 10.8 Å². The zero-order chi connectivity index (χ0) is 17.5. The lowest BCUT2D eigenvalue weighted by atomic mass is 10.1. The molecule has 1 aliphatic heterocycles. The molecule has 3 rings (SSSR count). The summed E-state index contributed by atoms with van der Waals surface area (Å²) in [5, 5.41) is 1.79. The van der Waals surface area contributed by atoms with Crippen LogP contribution in [-0.4, -0.2) is 45.6 Å². The molecule has 1 saturated heterocycles. The number of nitrogens with zero attached hydrogens (tertiary/aromatic N) is 1. The highest BCUT2D eigenvalue weighted by atomic mass is 32.2. The SMILES string of the molecule is O=S(=O)(NC1CCN(CCCOc2ccccc2)CC1)c1cccs1. The number of sulfonamides is 1. The molecule has 1 aromatic heterocycles. The summed E-state index contributed by atoms with van der Waals surface area (Å²) in [6.45, 7) is 3.53. The maximum absolute atomic E-state index is 12.3. The van der Waals surface area contributed by atoms with E-state index < -0.39 is 10.0 Å². The van der Waals surface area contributed by atoms with Crippen LogP contribution in [0.3, 0.4) is 0 Å². The fourth-order valence-corrected chi connectivity index (χ4v) is 5.28. The first-order valence-corrected chi connectivity index (χ1v) is 11.0. The van der Waals surface area contributed by atoms with Gasteiger partial charge >= 0.3 is 0 Å². The number of para-hydroxylation sites is 1. The summed E-state index contributed by atoms with van der Waals surface area (Å²) in [5.74, 6) is 0.907. The minimum atomic E-state index is -3.36. The van der Waals surface area contributed by atoms with Gasteiger partial charge in [-0.2, -0.15) is 0 Å². The van der Waals surface area contributed by atoms with Crippen LogP contribution in [0.1, 0.15) is 19.3 Å². The van der Waals surface area contributed by atoms with E-state index in [1.807, 2.05) is 30.3 Å². The first-order valence-electron chi connectivity index (χ1n) is 8.59. The van der Waals surface area contributed by atoms with E-state index in [2.05, 4.69) is 9.62 Å². The molecule has 2 aromatic rings. The Morgan fingerprint density at radius 1 is 1.12 bits per heavy atom. The average molecular weight is 381 g/mol. The lowest BCUT2D eigenvalue weighted by Crippen LogP contribution is -2.44. The highest BCUT2D eigenvalue weighted by molar-refractivity contribution is 7.91. The van der Waals surface area contributed by atoms with Crippen LogP contribution < -0.4 is 9.46 Å². The fourth-order valence-electron chi connectivity index (χ4n) is 2.96. The third-order valence-electron chi connectivity index (χ3n) is 4.30. The molecule has 0 saturated carbocycles. The van der Waals surface area contributed by atoms with Gasteiger partial charge in [0.1, 0.15) is 9.96 Å². The van der Waals surface area contributed by atoms with Gasteiger partial charge in [0, 0.05) is 12.6 Å². The van der Waals surface area contributed by atoms with Crippen molar-refractivity contribution in [1.82, 2.24) is 9.62 Å². The summed E-state index contributed by atoms with van der Waals surface area (Å²) in [6, 6.07) is 13.3. The van der Waals surface area contributed by atoms with E-state index in [4.69, 9.17) is 4.74 Å². The number of rotatable bonds is 8. The molecule has 1 fully saturated rings. The van der Waals surface area contributed by atoms with Crippen LogP contribution in [0.4, 0.5) is 0 Å². The third-order valence-corrected chi connectivity index (χ3v) is 7.22. The second-order valence-electron chi connectivity index (χ2n) is 6.18. The Morgan fingerprint density at radius 2 is 1.88 bits per heavy atom. The van der Waals surface area contributed by atoms with Crippen molar-refractivity contribution in [1.29, 1.82) is 0 Å². The van der Waals surface area contributed by atoms with Crippen molar-refractivity contribution in [3.05, 3.63) is 47.8 Å². The van der Waals surface area contributed by atoms with Crippen LogP contribution in [0.5, 0.6) is 5.75 Å². The maximum Gasteiger partial charge on any atom is 0.250 e. The van der Waals surface area contributed by atoms with Gasteiger partial charge in [-0.3, -0.25) is 0 Å². The first-order chi connectivity index (χ1) is 12.1. The second kappa shape index (κ2) is 8.80. The summed E-state index contributed by atoms with van der Waals surface area (Å²) in [5.41, 5.74) is 0. The Labute approximate surface area is 153 Å². The predicted octanol–water partition coefficient (Wildman–Crippen LogP) is 2.96. The van der Waals surface area contributed by atoms with Gasteiger partial charge in [0.15, 0.2) is 0 Å². The van der Waals surface area contributed by atoms with E-state index in [1.54, 1.807) is 17.5 Å². The molecule has 0 amide bonds. The molecule has 5 nitrogen and oxygen atoms in total. The van der Waals surface area contributed by atoms with E-state index in [9.17, 15) is 8.42 Å². The molecule has 1 aromatic carbocycles. The van der Waals surface area contributed by atoms with E-state index in [1.165, 1.54) is 11.3 Å². The first kappa shape index (κ1) is 18.4. The normalized spacial score (nSPS) is 16.8. The summed E-state index contributed by atoms with van der Waals surface area (Å²) >= 11 is 1.26. The maximum atomic E-state index is 12.3. The Morgan fingerprint density at radius 3 is 2.56 bits per heavy atom. The van der Waals surface area contributed by atoms with Crippen LogP contribution in [-0.2, 0) is 10.0 Å². The van der Waals surface area contributed by atoms with Crippen LogP contribution in [0.25, 0.3) is 0 Å². The van der Waals surface area contributed by atoms with Crippen LogP contribution in [0, 0.1) is 0 Å². The molecule has 136 valence electrons. The number of ether oxygens (including phenoxy) is 1. The van der Waals surface area contributed by atoms with Gasteiger partial charge in [-0.1, -0.05) is 24.3 Å². The molecule has 7 heteroatoms. The Bertz CT molecular complexity index is 725. The molecule has 0 spiro atoms. The van der Waals surface area contributed by atoms with Crippen LogP contribution in [0.2, 0.25) is 0 Å². The van der Waals surface area contributed by atoms with Gasteiger partial charge in [-0.15, -0.1) is 11.3 Å². The van der Waals surface area contributed by atoms with Gasteiger partial charge in [0.05, 0.1) is 6.61 Å². The lowest BCUT2D eigenvalue weighted by molar-refractivity contribution is 0.189. The highest BCUT2D eigenvalue weighted by Gasteiger charge is 2.24. The van der Waals surface area contributed by atoms with Crippen molar-refractivity contribution in [2.24, 2.45) is 0 Å². The van der Waals surface area contributed by atoms with Crippen LogP contribution >= 0.6 is 11.3 Å². The summed E-state index contributed by atoms with van der Waals surface area (Å²) in [7, 11) is -3.36. The molecule has 2 heterocycles. The van der Waals surface area contributed by atoms with Crippen molar-refractivity contribution in [2.45, 2.75) is 29.5 Å².